The molecule has 3 heteroatoms. The largest absolute Gasteiger partial charge is 0.469 e. The van der Waals surface area contributed by atoms with E-state index in [2.05, 4.69) is 6.07 Å². The summed E-state index contributed by atoms with van der Waals surface area (Å²) in [5.74, 6) is -0.0450. The smallest absolute Gasteiger partial charge is 0.311 e. The van der Waals surface area contributed by atoms with Gasteiger partial charge in [0, 0.05) is 5.02 Å². The number of benzene rings is 1. The van der Waals surface area contributed by atoms with Crippen molar-refractivity contribution in [3.05, 3.63) is 34.9 Å². The van der Waals surface area contributed by atoms with Crippen molar-refractivity contribution in [2.24, 2.45) is 5.41 Å². The molecule has 0 aromatic heterocycles. The maximum atomic E-state index is 11.5. The molecular weight excluding hydrogens is 224 g/mol. The van der Waals surface area contributed by atoms with Crippen LogP contribution >= 0.6 is 11.6 Å². The summed E-state index contributed by atoms with van der Waals surface area (Å²) in [5.41, 5.74) is 1.31. The highest BCUT2D eigenvalue weighted by Crippen LogP contribution is 2.74. The number of hydrogen-bond acceptors (Lipinski definition) is 2. The van der Waals surface area contributed by atoms with Gasteiger partial charge in [-0.15, -0.1) is 0 Å². The maximum absolute atomic E-state index is 11.5. The summed E-state index contributed by atoms with van der Waals surface area (Å²) >= 11 is 5.98. The van der Waals surface area contributed by atoms with E-state index in [4.69, 9.17) is 16.3 Å². The lowest BCUT2D eigenvalue weighted by molar-refractivity contribution is -0.198. The molecule has 0 radical (unpaired) electrons. The van der Waals surface area contributed by atoms with E-state index in [1.54, 1.807) is 0 Å². The van der Waals surface area contributed by atoms with Crippen molar-refractivity contribution >= 4 is 17.6 Å². The molecule has 2 bridgehead atoms. The van der Waals surface area contributed by atoms with Crippen molar-refractivity contribution in [1.29, 1.82) is 0 Å². The fourth-order valence-electron chi connectivity index (χ4n) is 3.35. The van der Waals surface area contributed by atoms with Crippen molar-refractivity contribution in [2.45, 2.75) is 24.7 Å². The van der Waals surface area contributed by atoms with E-state index < -0.39 is 0 Å². The van der Waals surface area contributed by atoms with Crippen molar-refractivity contribution in [3.63, 3.8) is 0 Å². The van der Waals surface area contributed by atoms with Crippen molar-refractivity contribution in [1.82, 2.24) is 0 Å². The quantitative estimate of drug-likeness (QED) is 0.738. The van der Waals surface area contributed by atoms with Crippen LogP contribution in [0.5, 0.6) is 0 Å². The SMILES string of the molecule is COC(=O)C12CC(c3cccc(Cl)c3)(C1)C2. The van der Waals surface area contributed by atoms with Gasteiger partial charge >= 0.3 is 5.97 Å². The summed E-state index contributed by atoms with van der Waals surface area (Å²) in [4.78, 5) is 11.5. The monoisotopic (exact) mass is 236 g/mol. The molecule has 0 heterocycles. The average Bonchev–Trinajstić information content (AvgIpc) is 2.13. The van der Waals surface area contributed by atoms with Gasteiger partial charge < -0.3 is 4.74 Å². The van der Waals surface area contributed by atoms with E-state index in [0.29, 0.717) is 0 Å². The highest BCUT2D eigenvalue weighted by Gasteiger charge is 2.72. The maximum Gasteiger partial charge on any atom is 0.311 e. The fourth-order valence-corrected chi connectivity index (χ4v) is 3.54. The van der Waals surface area contributed by atoms with Gasteiger partial charge in [0.05, 0.1) is 12.5 Å². The number of methoxy groups -OCH3 is 1. The lowest BCUT2D eigenvalue weighted by Gasteiger charge is -2.68. The molecule has 0 amide bonds. The molecule has 0 aliphatic heterocycles. The molecule has 0 unspecified atom stereocenters. The van der Waals surface area contributed by atoms with Crippen molar-refractivity contribution < 1.29 is 9.53 Å². The van der Waals surface area contributed by atoms with Gasteiger partial charge in [-0.1, -0.05) is 23.7 Å². The van der Waals surface area contributed by atoms with Crippen LogP contribution in [0.3, 0.4) is 0 Å². The van der Waals surface area contributed by atoms with E-state index >= 15 is 0 Å². The van der Waals surface area contributed by atoms with Crippen molar-refractivity contribution in [3.8, 4) is 0 Å². The van der Waals surface area contributed by atoms with Gasteiger partial charge in [-0.05, 0) is 42.4 Å². The number of hydrogen-bond donors (Lipinski definition) is 0. The Morgan fingerprint density at radius 3 is 2.62 bits per heavy atom. The molecule has 1 aromatic rings. The second-order valence-corrected chi connectivity index (χ2v) is 5.53. The van der Waals surface area contributed by atoms with Crippen LogP contribution in [0.25, 0.3) is 0 Å². The predicted molar refractivity (Wildman–Crippen MR) is 61.4 cm³/mol. The second kappa shape index (κ2) is 3.01. The molecule has 1 aromatic carbocycles. The Morgan fingerprint density at radius 2 is 2.06 bits per heavy atom. The van der Waals surface area contributed by atoms with E-state index in [1.165, 1.54) is 12.7 Å². The Bertz CT molecular complexity index is 447. The Hall–Kier alpha value is -1.02. The first-order chi connectivity index (χ1) is 7.60. The number of carbonyl (C=O) groups excluding carboxylic acids is 1. The fraction of sp³-hybridized carbons (Fsp3) is 0.462. The Morgan fingerprint density at radius 1 is 1.38 bits per heavy atom. The molecule has 0 atom stereocenters. The van der Waals surface area contributed by atoms with Crippen LogP contribution in [0.4, 0.5) is 0 Å². The minimum absolute atomic E-state index is 0.0450. The van der Waals surface area contributed by atoms with Crippen LogP contribution < -0.4 is 0 Å². The van der Waals surface area contributed by atoms with Crippen LogP contribution in [-0.2, 0) is 14.9 Å². The zero-order valence-electron chi connectivity index (χ0n) is 9.13. The summed E-state index contributed by atoms with van der Waals surface area (Å²) in [6.45, 7) is 0. The number of esters is 1. The summed E-state index contributed by atoms with van der Waals surface area (Å²) in [6, 6.07) is 7.98. The van der Waals surface area contributed by atoms with Crippen LogP contribution in [0.15, 0.2) is 24.3 Å². The van der Waals surface area contributed by atoms with Gasteiger partial charge in [0.1, 0.15) is 0 Å². The van der Waals surface area contributed by atoms with Gasteiger partial charge in [0.15, 0.2) is 0 Å². The topological polar surface area (TPSA) is 26.3 Å². The molecule has 84 valence electrons. The molecule has 2 nitrogen and oxygen atoms in total. The number of ether oxygens (including phenoxy) is 1. The van der Waals surface area contributed by atoms with Crippen LogP contribution in [-0.4, -0.2) is 13.1 Å². The minimum Gasteiger partial charge on any atom is -0.469 e. The van der Waals surface area contributed by atoms with Gasteiger partial charge in [0.2, 0.25) is 0 Å². The zero-order chi connectivity index (χ0) is 11.4. The minimum atomic E-state index is -0.170. The van der Waals surface area contributed by atoms with E-state index in [1.807, 2.05) is 18.2 Å². The first-order valence-electron chi connectivity index (χ1n) is 5.45. The Kier molecular flexibility index (Phi) is 1.91. The van der Waals surface area contributed by atoms with Gasteiger partial charge in [-0.2, -0.15) is 0 Å². The average molecular weight is 237 g/mol. The summed E-state index contributed by atoms with van der Waals surface area (Å²) in [5, 5.41) is 0.773. The molecule has 0 spiro atoms. The van der Waals surface area contributed by atoms with Crippen molar-refractivity contribution in [2.75, 3.05) is 7.11 Å². The third-order valence-corrected chi connectivity index (χ3v) is 4.32. The first kappa shape index (κ1) is 10.2. The Labute approximate surface area is 99.6 Å². The molecule has 3 aliphatic rings. The zero-order valence-corrected chi connectivity index (χ0v) is 9.88. The summed E-state index contributed by atoms with van der Waals surface area (Å²) in [6.07, 6.45) is 2.77. The first-order valence-corrected chi connectivity index (χ1v) is 5.83. The third kappa shape index (κ3) is 1.11. The molecule has 4 rings (SSSR count). The van der Waals surface area contributed by atoms with Crippen LogP contribution in [0, 0.1) is 5.41 Å². The van der Waals surface area contributed by atoms with Crippen LogP contribution in [0.2, 0.25) is 5.02 Å². The third-order valence-electron chi connectivity index (χ3n) is 4.09. The number of rotatable bonds is 2. The molecular formula is C13H13ClO2. The van der Waals surface area contributed by atoms with Gasteiger partial charge in [-0.25, -0.2) is 0 Å². The normalized spacial score (nSPS) is 34.9. The Balaban J connectivity index is 1.81. The molecule has 3 fully saturated rings. The van der Waals surface area contributed by atoms with E-state index in [9.17, 15) is 4.79 Å². The summed E-state index contributed by atoms with van der Waals surface area (Å²) in [7, 11) is 1.47. The van der Waals surface area contributed by atoms with Gasteiger partial charge in [-0.3, -0.25) is 4.79 Å². The van der Waals surface area contributed by atoms with Gasteiger partial charge in [0.25, 0.3) is 0 Å². The number of halogens is 1. The lowest BCUT2D eigenvalue weighted by atomic mass is 9.33. The second-order valence-electron chi connectivity index (χ2n) is 5.09. The van der Waals surface area contributed by atoms with Crippen LogP contribution in [0.1, 0.15) is 24.8 Å². The predicted octanol–water partition coefficient (Wildman–Crippen LogP) is 2.93. The standard InChI is InChI=1S/C13H13ClO2/c1-16-11(15)13-6-12(7-13,8-13)9-3-2-4-10(14)5-9/h2-5H,6-8H2,1H3. The van der Waals surface area contributed by atoms with E-state index in [-0.39, 0.29) is 16.8 Å². The molecule has 3 saturated carbocycles. The molecule has 0 N–H and O–H groups in total. The highest BCUT2D eigenvalue weighted by atomic mass is 35.5. The summed E-state index contributed by atoms with van der Waals surface area (Å²) < 4.78 is 4.83. The molecule has 0 saturated heterocycles. The molecule has 3 aliphatic carbocycles. The number of carbonyl (C=O) groups is 1. The lowest BCUT2D eigenvalue weighted by Crippen LogP contribution is -2.68. The van der Waals surface area contributed by atoms with E-state index in [0.717, 1.165) is 24.3 Å². The highest BCUT2D eigenvalue weighted by molar-refractivity contribution is 6.30. The molecule has 16 heavy (non-hydrogen) atoms.